The molecular weight excluding hydrogens is 306 g/mol. The summed E-state index contributed by atoms with van der Waals surface area (Å²) in [7, 11) is 0. The fourth-order valence-corrected chi connectivity index (χ4v) is 2.52. The second-order valence-electron chi connectivity index (χ2n) is 5.32. The highest BCUT2D eigenvalue weighted by atomic mass is 16.7. The third-order valence-electron chi connectivity index (χ3n) is 3.66. The van der Waals surface area contributed by atoms with Crippen molar-refractivity contribution in [3.05, 3.63) is 53.3 Å². The molecule has 1 unspecified atom stereocenters. The van der Waals surface area contributed by atoms with Gasteiger partial charge in [0.2, 0.25) is 5.90 Å². The fourth-order valence-electron chi connectivity index (χ4n) is 2.52. The van der Waals surface area contributed by atoms with E-state index in [1.54, 1.807) is 6.20 Å². The molecule has 24 heavy (non-hydrogen) atoms. The number of hydrogen-bond donors (Lipinski definition) is 1. The first kappa shape index (κ1) is 16.3. The maximum absolute atomic E-state index is 5.66. The molecule has 126 valence electrons. The van der Waals surface area contributed by atoms with Gasteiger partial charge in [-0.25, -0.2) is 4.99 Å². The zero-order valence-electron chi connectivity index (χ0n) is 14.1. The van der Waals surface area contributed by atoms with Crippen LogP contribution in [0.15, 0.2) is 41.7 Å². The largest absolute Gasteiger partial charge is 0.490 e. The Balaban J connectivity index is 1.88. The van der Waals surface area contributed by atoms with Crippen molar-refractivity contribution in [1.29, 1.82) is 0 Å². The van der Waals surface area contributed by atoms with E-state index in [1.807, 2.05) is 51.2 Å². The third kappa shape index (κ3) is 3.33. The number of pyridine rings is 1. The minimum absolute atomic E-state index is 0.245. The molecule has 0 fully saturated rings. The van der Waals surface area contributed by atoms with Crippen molar-refractivity contribution in [2.75, 3.05) is 13.2 Å². The Hall–Kier alpha value is -2.60. The molecule has 6 nitrogen and oxygen atoms in total. The molecule has 2 aromatic rings. The van der Waals surface area contributed by atoms with Crippen LogP contribution < -0.4 is 15.0 Å². The highest BCUT2D eigenvalue weighted by Gasteiger charge is 2.23. The van der Waals surface area contributed by atoms with Crippen LogP contribution in [0.2, 0.25) is 0 Å². The first-order chi connectivity index (χ1) is 11.7. The van der Waals surface area contributed by atoms with Crippen molar-refractivity contribution in [3.8, 4) is 11.5 Å². The van der Waals surface area contributed by atoms with E-state index in [-0.39, 0.29) is 6.17 Å². The monoisotopic (exact) mass is 327 g/mol. The zero-order chi connectivity index (χ0) is 16.9. The second kappa shape index (κ2) is 7.31. The lowest BCUT2D eigenvalue weighted by Crippen LogP contribution is -2.15. The normalized spacial score (nSPS) is 16.5. The summed E-state index contributed by atoms with van der Waals surface area (Å²) in [5, 5.41) is 0. The lowest BCUT2D eigenvalue weighted by molar-refractivity contribution is 0.180. The summed E-state index contributed by atoms with van der Waals surface area (Å²) in [4.78, 5) is 14.3. The summed E-state index contributed by atoms with van der Waals surface area (Å²) < 4.78 is 11.2. The van der Waals surface area contributed by atoms with E-state index < -0.39 is 0 Å². The van der Waals surface area contributed by atoms with Crippen LogP contribution in [0.4, 0.5) is 0 Å². The molecule has 1 aromatic carbocycles. The Morgan fingerprint density at radius 2 is 1.92 bits per heavy atom. The van der Waals surface area contributed by atoms with Gasteiger partial charge in [0.1, 0.15) is 0 Å². The Bertz CT molecular complexity index is 746. The van der Waals surface area contributed by atoms with Crippen molar-refractivity contribution in [3.63, 3.8) is 0 Å². The number of rotatable bonds is 6. The Morgan fingerprint density at radius 1 is 1.12 bits per heavy atom. The second-order valence-corrected chi connectivity index (χ2v) is 5.32. The molecule has 1 atom stereocenters. The predicted molar refractivity (Wildman–Crippen MR) is 91.3 cm³/mol. The summed E-state index contributed by atoms with van der Waals surface area (Å²) >= 11 is 0. The Labute approximate surface area is 141 Å². The van der Waals surface area contributed by atoms with Gasteiger partial charge in [-0.1, -0.05) is 0 Å². The Morgan fingerprint density at radius 3 is 2.67 bits per heavy atom. The highest BCUT2D eigenvalue weighted by Crippen LogP contribution is 2.30. The molecule has 0 amide bonds. The number of ether oxygens (including phenoxy) is 2. The van der Waals surface area contributed by atoms with Crippen molar-refractivity contribution in [2.24, 2.45) is 4.99 Å². The zero-order valence-corrected chi connectivity index (χ0v) is 14.1. The number of aliphatic imine (C=N–C) groups is 1. The topological polar surface area (TPSA) is 65.0 Å². The average Bonchev–Trinajstić information content (AvgIpc) is 3.07. The number of aryl methyl sites for hydroxylation is 1. The van der Waals surface area contributed by atoms with Crippen molar-refractivity contribution < 1.29 is 14.3 Å². The first-order valence-corrected chi connectivity index (χ1v) is 8.03. The number of nitrogens with one attached hydrogen (secondary N) is 1. The van der Waals surface area contributed by atoms with Gasteiger partial charge in [-0.15, -0.1) is 5.48 Å². The van der Waals surface area contributed by atoms with Gasteiger partial charge in [-0.3, -0.25) is 4.98 Å². The van der Waals surface area contributed by atoms with E-state index in [2.05, 4.69) is 15.5 Å². The van der Waals surface area contributed by atoms with Gasteiger partial charge in [0, 0.05) is 18.0 Å². The average molecular weight is 327 g/mol. The molecule has 1 aliphatic heterocycles. The van der Waals surface area contributed by atoms with Crippen LogP contribution >= 0.6 is 0 Å². The van der Waals surface area contributed by atoms with E-state index in [0.717, 1.165) is 22.4 Å². The van der Waals surface area contributed by atoms with Gasteiger partial charge in [0.05, 0.1) is 13.2 Å². The molecule has 1 N–H and O–H groups in total. The fraction of sp³-hybridized carbons (Fsp3) is 0.333. The van der Waals surface area contributed by atoms with Crippen LogP contribution in [0.5, 0.6) is 11.5 Å². The number of benzene rings is 1. The molecule has 1 aliphatic rings. The van der Waals surface area contributed by atoms with Crippen LogP contribution in [-0.2, 0) is 4.84 Å². The molecule has 0 spiro atoms. The maximum atomic E-state index is 5.66. The quantitative estimate of drug-likeness (QED) is 0.883. The lowest BCUT2D eigenvalue weighted by atomic mass is 10.1. The molecule has 2 heterocycles. The third-order valence-corrected chi connectivity index (χ3v) is 3.66. The predicted octanol–water partition coefficient (Wildman–Crippen LogP) is 3.17. The number of aromatic nitrogens is 1. The number of nitrogens with zero attached hydrogens (tertiary/aromatic N) is 2. The van der Waals surface area contributed by atoms with E-state index in [0.29, 0.717) is 24.9 Å². The molecule has 3 rings (SSSR count). The van der Waals surface area contributed by atoms with Gasteiger partial charge in [0.15, 0.2) is 17.7 Å². The number of hydroxylamine groups is 1. The minimum atomic E-state index is -0.245. The SMILES string of the molecule is CCOc1ccc(C2=NC(c3ccncc3C)NO2)cc1OCC. The standard InChI is InChI=1S/C18H21N3O3/c1-4-22-15-7-6-13(10-16(15)23-5-2)18-20-17(21-24-18)14-8-9-19-11-12(14)3/h6-11,17,21H,4-5H2,1-3H3. The molecule has 6 heteroatoms. The molecule has 0 radical (unpaired) electrons. The first-order valence-electron chi connectivity index (χ1n) is 8.03. The van der Waals surface area contributed by atoms with Crippen LogP contribution in [0.1, 0.15) is 36.7 Å². The van der Waals surface area contributed by atoms with Crippen molar-refractivity contribution >= 4 is 5.90 Å². The molecular formula is C18H21N3O3. The van der Waals surface area contributed by atoms with Crippen LogP contribution in [0, 0.1) is 6.92 Å². The summed E-state index contributed by atoms with van der Waals surface area (Å²) in [6.07, 6.45) is 3.32. The highest BCUT2D eigenvalue weighted by molar-refractivity contribution is 5.95. The van der Waals surface area contributed by atoms with Gasteiger partial charge in [-0.2, -0.15) is 0 Å². The van der Waals surface area contributed by atoms with Crippen LogP contribution in [-0.4, -0.2) is 24.1 Å². The van der Waals surface area contributed by atoms with E-state index in [1.165, 1.54) is 0 Å². The van der Waals surface area contributed by atoms with Crippen LogP contribution in [0.25, 0.3) is 0 Å². The Kier molecular flexibility index (Phi) is 4.96. The van der Waals surface area contributed by atoms with E-state index >= 15 is 0 Å². The van der Waals surface area contributed by atoms with Crippen molar-refractivity contribution in [2.45, 2.75) is 26.9 Å². The summed E-state index contributed by atoms with van der Waals surface area (Å²) in [6.45, 7) is 7.03. The minimum Gasteiger partial charge on any atom is -0.490 e. The molecule has 1 aromatic heterocycles. The molecule has 0 saturated carbocycles. The number of hydrogen-bond acceptors (Lipinski definition) is 6. The van der Waals surface area contributed by atoms with Gasteiger partial charge >= 0.3 is 0 Å². The van der Waals surface area contributed by atoms with Crippen LogP contribution in [0.3, 0.4) is 0 Å². The van der Waals surface area contributed by atoms with E-state index in [4.69, 9.17) is 14.3 Å². The lowest BCUT2D eigenvalue weighted by Gasteiger charge is -2.11. The summed E-state index contributed by atoms with van der Waals surface area (Å²) in [6, 6.07) is 7.61. The smallest absolute Gasteiger partial charge is 0.242 e. The molecule has 0 saturated heterocycles. The van der Waals surface area contributed by atoms with Gasteiger partial charge < -0.3 is 14.3 Å². The van der Waals surface area contributed by atoms with Crippen molar-refractivity contribution in [1.82, 2.24) is 10.5 Å². The summed E-state index contributed by atoms with van der Waals surface area (Å²) in [5.41, 5.74) is 5.89. The maximum Gasteiger partial charge on any atom is 0.242 e. The molecule has 0 aliphatic carbocycles. The molecule has 0 bridgehead atoms. The van der Waals surface area contributed by atoms with Gasteiger partial charge in [-0.05, 0) is 56.2 Å². The van der Waals surface area contributed by atoms with Gasteiger partial charge in [0.25, 0.3) is 0 Å². The van der Waals surface area contributed by atoms with E-state index in [9.17, 15) is 0 Å². The summed E-state index contributed by atoms with van der Waals surface area (Å²) in [5.74, 6) is 1.93.